The van der Waals surface area contributed by atoms with E-state index in [0.717, 1.165) is 12.8 Å². The third kappa shape index (κ3) is 2.96. The van der Waals surface area contributed by atoms with Crippen molar-refractivity contribution in [2.75, 3.05) is 0 Å². The lowest BCUT2D eigenvalue weighted by atomic mass is 9.74. The Hall–Kier alpha value is -3.90. The van der Waals surface area contributed by atoms with Crippen LogP contribution in [0.1, 0.15) is 60.1 Å². The highest BCUT2D eigenvalue weighted by atomic mass is 14.4. The van der Waals surface area contributed by atoms with Crippen molar-refractivity contribution in [2.45, 2.75) is 44.9 Å². The average molecular weight is 475 g/mol. The van der Waals surface area contributed by atoms with Crippen molar-refractivity contribution in [3.63, 3.8) is 0 Å². The number of hydrogen-bond donors (Lipinski definition) is 0. The molecule has 0 bridgehead atoms. The summed E-state index contributed by atoms with van der Waals surface area (Å²) in [5, 5.41) is 5.20. The molecular formula is C37H30. The first-order chi connectivity index (χ1) is 18.1. The molecule has 0 saturated heterocycles. The van der Waals surface area contributed by atoms with Crippen LogP contribution in [0.4, 0.5) is 0 Å². The molecule has 0 N–H and O–H groups in total. The largest absolute Gasteiger partial charge is 0.0836 e. The third-order valence-corrected chi connectivity index (χ3v) is 9.12. The molecule has 0 spiro atoms. The summed E-state index contributed by atoms with van der Waals surface area (Å²) in [6.45, 7) is 4.88. The Morgan fingerprint density at radius 3 is 2.00 bits per heavy atom. The fourth-order valence-electron chi connectivity index (χ4n) is 7.34. The number of allylic oxidation sites excluding steroid dienone is 2. The van der Waals surface area contributed by atoms with Crippen molar-refractivity contribution < 1.29 is 0 Å². The monoisotopic (exact) mass is 474 g/mol. The van der Waals surface area contributed by atoms with Crippen molar-refractivity contribution in [3.05, 3.63) is 118 Å². The second-order valence-corrected chi connectivity index (χ2v) is 11.6. The van der Waals surface area contributed by atoms with Gasteiger partial charge in [-0.2, -0.15) is 0 Å². The Morgan fingerprint density at radius 2 is 1.22 bits per heavy atom. The van der Waals surface area contributed by atoms with E-state index in [0.29, 0.717) is 0 Å². The Labute approximate surface area is 219 Å². The second kappa shape index (κ2) is 7.56. The van der Waals surface area contributed by atoms with Gasteiger partial charge in [0.25, 0.3) is 0 Å². The van der Waals surface area contributed by atoms with E-state index < -0.39 is 0 Å². The van der Waals surface area contributed by atoms with Gasteiger partial charge in [-0.05, 0) is 127 Å². The Balaban J connectivity index is 1.33. The van der Waals surface area contributed by atoms with Gasteiger partial charge in [-0.15, -0.1) is 0 Å². The smallest absolute Gasteiger partial charge is 0.0165 e. The maximum absolute atomic E-state index is 2.48. The van der Waals surface area contributed by atoms with E-state index in [9.17, 15) is 0 Å². The van der Waals surface area contributed by atoms with Gasteiger partial charge >= 0.3 is 0 Å². The maximum atomic E-state index is 2.48. The summed E-state index contributed by atoms with van der Waals surface area (Å²) in [4.78, 5) is 0. The summed E-state index contributed by atoms with van der Waals surface area (Å²) < 4.78 is 0. The molecule has 0 atom stereocenters. The Morgan fingerprint density at radius 1 is 0.595 bits per heavy atom. The lowest BCUT2D eigenvalue weighted by molar-refractivity contribution is 0.656. The normalized spacial score (nSPS) is 16.5. The van der Waals surface area contributed by atoms with Crippen molar-refractivity contribution in [1.29, 1.82) is 0 Å². The average Bonchev–Trinajstić information content (AvgIpc) is 3.18. The molecule has 0 heteroatoms. The molecule has 3 aliphatic carbocycles. The van der Waals surface area contributed by atoms with Gasteiger partial charge in [-0.1, -0.05) is 86.7 Å². The first-order valence-corrected chi connectivity index (χ1v) is 13.7. The minimum atomic E-state index is -0.0280. The summed E-state index contributed by atoms with van der Waals surface area (Å²) in [7, 11) is 0. The summed E-state index contributed by atoms with van der Waals surface area (Å²) in [5.41, 5.74) is 14.7. The van der Waals surface area contributed by atoms with Crippen LogP contribution in [-0.2, 0) is 18.3 Å². The quantitative estimate of drug-likeness (QED) is 0.212. The van der Waals surface area contributed by atoms with Crippen LogP contribution in [0.2, 0.25) is 0 Å². The minimum absolute atomic E-state index is 0.0280. The molecule has 37 heavy (non-hydrogen) atoms. The van der Waals surface area contributed by atoms with Gasteiger partial charge in [-0.3, -0.25) is 0 Å². The van der Waals surface area contributed by atoms with Crippen LogP contribution >= 0.6 is 0 Å². The predicted molar refractivity (Wildman–Crippen MR) is 159 cm³/mol. The highest BCUT2D eigenvalue weighted by Gasteiger charge is 2.41. The van der Waals surface area contributed by atoms with Gasteiger partial charge in [0.15, 0.2) is 0 Å². The van der Waals surface area contributed by atoms with Gasteiger partial charge in [0.2, 0.25) is 0 Å². The first kappa shape index (κ1) is 21.2. The van der Waals surface area contributed by atoms with Crippen molar-refractivity contribution in [3.8, 4) is 22.3 Å². The van der Waals surface area contributed by atoms with Crippen molar-refractivity contribution in [2.24, 2.45) is 0 Å². The van der Waals surface area contributed by atoms with Gasteiger partial charge < -0.3 is 0 Å². The summed E-state index contributed by atoms with van der Waals surface area (Å²) in [5.74, 6) is 0. The van der Waals surface area contributed by atoms with E-state index in [1.54, 1.807) is 16.7 Å². The Kier molecular flexibility index (Phi) is 4.33. The molecule has 5 aromatic carbocycles. The van der Waals surface area contributed by atoms with Crippen LogP contribution in [0.15, 0.2) is 84.9 Å². The summed E-state index contributed by atoms with van der Waals surface area (Å²) in [6.07, 6.45) is 14.3. The molecule has 0 fully saturated rings. The fraction of sp³-hybridized carbons (Fsp3) is 0.189. The SMILES string of the molecule is CC1(C)c2cc(-c3ccc4cc5ccccc5cc4c3)ccc2-c2c3c(c4c(c21)C=CCC4)CCC=C3. The van der Waals surface area contributed by atoms with Crippen LogP contribution in [0.3, 0.4) is 0 Å². The van der Waals surface area contributed by atoms with E-state index in [-0.39, 0.29) is 5.41 Å². The molecular weight excluding hydrogens is 444 g/mol. The van der Waals surface area contributed by atoms with E-state index >= 15 is 0 Å². The molecule has 0 saturated carbocycles. The molecule has 0 amide bonds. The molecule has 0 aliphatic heterocycles. The van der Waals surface area contributed by atoms with Crippen LogP contribution in [0.25, 0.3) is 56.0 Å². The number of benzene rings is 5. The third-order valence-electron chi connectivity index (χ3n) is 9.12. The maximum Gasteiger partial charge on any atom is 0.0165 e. The number of rotatable bonds is 1. The molecule has 5 aromatic rings. The first-order valence-electron chi connectivity index (χ1n) is 13.7. The predicted octanol–water partition coefficient (Wildman–Crippen LogP) is 9.89. The summed E-state index contributed by atoms with van der Waals surface area (Å²) in [6, 6.07) is 27.5. The van der Waals surface area contributed by atoms with Crippen molar-refractivity contribution >= 4 is 33.7 Å². The van der Waals surface area contributed by atoms with Gasteiger partial charge in [0, 0.05) is 5.41 Å². The fourth-order valence-corrected chi connectivity index (χ4v) is 7.34. The zero-order valence-corrected chi connectivity index (χ0v) is 21.6. The standard InChI is InChI=1S/C37H30/c1-37(2)34-22-27(25-15-16-26-19-23-9-3-4-10-24(23)20-28(26)21-25)17-18-33(34)35-31-13-7-5-11-29(31)30-12-6-8-14-32(30)36(35)37/h3-4,7-10,13-22H,5-6,11-12H2,1-2H3. The van der Waals surface area contributed by atoms with Gasteiger partial charge in [0.05, 0.1) is 0 Å². The highest BCUT2D eigenvalue weighted by Crippen LogP contribution is 2.55. The summed E-state index contributed by atoms with van der Waals surface area (Å²) >= 11 is 0. The van der Waals surface area contributed by atoms with Crippen LogP contribution in [0, 0.1) is 0 Å². The second-order valence-electron chi connectivity index (χ2n) is 11.6. The van der Waals surface area contributed by atoms with E-state index in [4.69, 9.17) is 0 Å². The molecule has 0 radical (unpaired) electrons. The highest BCUT2D eigenvalue weighted by molar-refractivity contribution is 6.00. The molecule has 0 aromatic heterocycles. The van der Waals surface area contributed by atoms with E-state index in [2.05, 4.69) is 111 Å². The number of fused-ring (bicyclic) bond motifs is 10. The zero-order chi connectivity index (χ0) is 24.7. The van der Waals surface area contributed by atoms with Crippen molar-refractivity contribution in [1.82, 2.24) is 0 Å². The lowest BCUT2D eigenvalue weighted by Gasteiger charge is -2.30. The van der Waals surface area contributed by atoms with Crippen LogP contribution in [0.5, 0.6) is 0 Å². The molecule has 8 rings (SSSR count). The van der Waals surface area contributed by atoms with Crippen LogP contribution in [-0.4, -0.2) is 0 Å². The lowest BCUT2D eigenvalue weighted by Crippen LogP contribution is -2.19. The van der Waals surface area contributed by atoms with E-state index in [1.807, 2.05) is 0 Å². The van der Waals surface area contributed by atoms with E-state index in [1.165, 1.54) is 73.3 Å². The molecule has 3 aliphatic rings. The molecule has 178 valence electrons. The minimum Gasteiger partial charge on any atom is -0.0836 e. The topological polar surface area (TPSA) is 0 Å². The molecule has 0 heterocycles. The van der Waals surface area contributed by atoms with Crippen LogP contribution < -0.4 is 0 Å². The molecule has 0 unspecified atom stereocenters. The zero-order valence-electron chi connectivity index (χ0n) is 21.6. The molecule has 0 nitrogen and oxygen atoms in total. The number of hydrogen-bond acceptors (Lipinski definition) is 0. The van der Waals surface area contributed by atoms with Gasteiger partial charge in [0.1, 0.15) is 0 Å². The Bertz CT molecular complexity index is 1840. The van der Waals surface area contributed by atoms with Gasteiger partial charge in [-0.25, -0.2) is 0 Å².